The number of hydrogen-bond donors (Lipinski definition) is 1. The van der Waals surface area contributed by atoms with Crippen molar-refractivity contribution in [1.82, 2.24) is 14.6 Å². The van der Waals surface area contributed by atoms with Crippen LogP contribution in [0.2, 0.25) is 0 Å². The zero-order valence-electron chi connectivity index (χ0n) is 9.10. The van der Waals surface area contributed by atoms with Crippen molar-refractivity contribution in [3.63, 3.8) is 0 Å². The molecule has 0 bridgehead atoms. The smallest absolute Gasteiger partial charge is 0.250 e. The Kier molecular flexibility index (Phi) is 2.82. The van der Waals surface area contributed by atoms with Gasteiger partial charge in [-0.3, -0.25) is 4.79 Å². The molecule has 1 N–H and O–H groups in total. The number of carbonyl (C=O) groups is 1. The van der Waals surface area contributed by atoms with Crippen molar-refractivity contribution < 1.29 is 9.53 Å². The number of ether oxygens (including phenoxy) is 1. The lowest BCUT2D eigenvalue weighted by atomic mass is 10.4. The molecule has 2 aromatic heterocycles. The molecule has 0 fully saturated rings. The normalized spacial score (nSPS) is 10.6. The number of fused-ring (bicyclic) bond motifs is 1. The molecule has 0 aromatic carbocycles. The first-order chi connectivity index (χ1) is 7.69. The van der Waals surface area contributed by atoms with Crippen molar-refractivity contribution in [1.29, 1.82) is 0 Å². The predicted molar refractivity (Wildman–Crippen MR) is 58.2 cm³/mol. The van der Waals surface area contributed by atoms with Crippen molar-refractivity contribution in [3.05, 3.63) is 24.2 Å². The van der Waals surface area contributed by atoms with Gasteiger partial charge in [0.05, 0.1) is 11.9 Å². The molecule has 0 saturated carbocycles. The molecule has 0 aliphatic heterocycles. The van der Waals surface area contributed by atoms with Gasteiger partial charge >= 0.3 is 0 Å². The molecular weight excluding hydrogens is 208 g/mol. The van der Waals surface area contributed by atoms with Gasteiger partial charge in [-0.15, -0.1) is 0 Å². The van der Waals surface area contributed by atoms with Crippen molar-refractivity contribution in [2.75, 3.05) is 19.0 Å². The third kappa shape index (κ3) is 2.17. The molecule has 0 unspecified atom stereocenters. The van der Waals surface area contributed by atoms with E-state index in [9.17, 15) is 4.79 Å². The van der Waals surface area contributed by atoms with Crippen LogP contribution in [0.5, 0.6) is 0 Å². The summed E-state index contributed by atoms with van der Waals surface area (Å²) in [6.45, 7) is 1.85. The number of rotatable bonds is 3. The van der Waals surface area contributed by atoms with Crippen LogP contribution in [0, 0.1) is 6.92 Å². The number of nitrogens with one attached hydrogen (secondary N) is 1. The van der Waals surface area contributed by atoms with E-state index in [1.807, 2.05) is 6.92 Å². The number of hydrogen-bond acceptors (Lipinski definition) is 4. The van der Waals surface area contributed by atoms with E-state index in [2.05, 4.69) is 15.4 Å². The van der Waals surface area contributed by atoms with Crippen LogP contribution in [0.1, 0.15) is 5.82 Å². The van der Waals surface area contributed by atoms with Crippen molar-refractivity contribution >= 4 is 17.2 Å². The molecule has 0 atom stereocenters. The molecule has 84 valence electrons. The highest BCUT2D eigenvalue weighted by molar-refractivity contribution is 5.91. The summed E-state index contributed by atoms with van der Waals surface area (Å²) in [4.78, 5) is 15.5. The maximum absolute atomic E-state index is 11.3. The van der Waals surface area contributed by atoms with Crippen LogP contribution >= 0.6 is 0 Å². The Bertz CT molecular complexity index is 521. The van der Waals surface area contributed by atoms with Crippen LogP contribution in [0.15, 0.2) is 18.3 Å². The molecule has 0 aliphatic carbocycles. The van der Waals surface area contributed by atoms with Crippen LogP contribution in [-0.4, -0.2) is 34.2 Å². The summed E-state index contributed by atoms with van der Waals surface area (Å²) in [5.41, 5.74) is 1.42. The summed E-state index contributed by atoms with van der Waals surface area (Å²) >= 11 is 0. The molecule has 2 rings (SSSR count). The maximum atomic E-state index is 11.3. The molecule has 6 nitrogen and oxygen atoms in total. The average Bonchev–Trinajstić information content (AvgIpc) is 2.57. The molecule has 0 radical (unpaired) electrons. The molecular formula is C10H12N4O2. The second kappa shape index (κ2) is 4.28. The van der Waals surface area contributed by atoms with Gasteiger partial charge in [0.25, 0.3) is 0 Å². The summed E-state index contributed by atoms with van der Waals surface area (Å²) in [5.74, 6) is 0.499. The van der Waals surface area contributed by atoms with Crippen LogP contribution in [0.3, 0.4) is 0 Å². The number of aromatic nitrogens is 3. The Hall–Kier alpha value is -1.95. The lowest BCUT2D eigenvalue weighted by Gasteiger charge is -2.03. The SMILES string of the molecule is COCC(=O)Nc1ccc2nc(C)nn2c1. The van der Waals surface area contributed by atoms with Crippen LogP contribution in [0.25, 0.3) is 5.65 Å². The molecule has 2 aromatic rings. The van der Waals surface area contributed by atoms with E-state index in [-0.39, 0.29) is 12.5 Å². The van der Waals surface area contributed by atoms with E-state index in [4.69, 9.17) is 4.74 Å². The second-order valence-corrected chi connectivity index (χ2v) is 3.36. The number of anilines is 1. The molecule has 6 heteroatoms. The van der Waals surface area contributed by atoms with E-state index in [0.717, 1.165) is 5.65 Å². The lowest BCUT2D eigenvalue weighted by molar-refractivity contribution is -0.119. The Labute approximate surface area is 92.2 Å². The summed E-state index contributed by atoms with van der Waals surface area (Å²) in [5, 5.41) is 6.84. The number of carbonyl (C=O) groups excluding carboxylic acids is 1. The monoisotopic (exact) mass is 220 g/mol. The van der Waals surface area contributed by atoms with Gasteiger partial charge in [-0.2, -0.15) is 5.10 Å². The summed E-state index contributed by atoms with van der Waals surface area (Å²) in [7, 11) is 1.48. The van der Waals surface area contributed by atoms with Gasteiger partial charge < -0.3 is 10.1 Å². The molecule has 0 saturated heterocycles. The first kappa shape index (κ1) is 10.6. The van der Waals surface area contributed by atoms with E-state index >= 15 is 0 Å². The third-order valence-electron chi connectivity index (χ3n) is 2.00. The van der Waals surface area contributed by atoms with Crippen LogP contribution < -0.4 is 5.32 Å². The van der Waals surface area contributed by atoms with E-state index in [0.29, 0.717) is 11.5 Å². The van der Waals surface area contributed by atoms with Crippen LogP contribution in [0.4, 0.5) is 5.69 Å². The first-order valence-corrected chi connectivity index (χ1v) is 4.81. The van der Waals surface area contributed by atoms with Gasteiger partial charge in [0.1, 0.15) is 12.4 Å². The fourth-order valence-corrected chi connectivity index (χ4v) is 1.40. The highest BCUT2D eigenvalue weighted by Crippen LogP contribution is 2.09. The topological polar surface area (TPSA) is 68.5 Å². The second-order valence-electron chi connectivity index (χ2n) is 3.36. The average molecular weight is 220 g/mol. The Balaban J connectivity index is 2.22. The quantitative estimate of drug-likeness (QED) is 0.823. The van der Waals surface area contributed by atoms with Crippen molar-refractivity contribution in [2.45, 2.75) is 6.92 Å². The third-order valence-corrected chi connectivity index (χ3v) is 2.00. The highest BCUT2D eigenvalue weighted by atomic mass is 16.5. The Morgan fingerprint density at radius 1 is 1.56 bits per heavy atom. The molecule has 1 amide bonds. The van der Waals surface area contributed by atoms with Gasteiger partial charge in [0, 0.05) is 7.11 Å². The summed E-state index contributed by atoms with van der Waals surface area (Å²) in [6.07, 6.45) is 1.71. The number of pyridine rings is 1. The van der Waals surface area contributed by atoms with E-state index in [1.165, 1.54) is 7.11 Å². The summed E-state index contributed by atoms with van der Waals surface area (Å²) < 4.78 is 6.34. The minimum atomic E-state index is -0.196. The lowest BCUT2D eigenvalue weighted by Crippen LogP contribution is -2.17. The fourth-order valence-electron chi connectivity index (χ4n) is 1.40. The first-order valence-electron chi connectivity index (χ1n) is 4.81. The van der Waals surface area contributed by atoms with Gasteiger partial charge in [-0.1, -0.05) is 0 Å². The number of nitrogens with zero attached hydrogens (tertiary/aromatic N) is 3. The standard InChI is InChI=1S/C10H12N4O2/c1-7-11-9-4-3-8(5-14(9)13-7)12-10(15)6-16-2/h3-5H,6H2,1-2H3,(H,12,15). The Morgan fingerprint density at radius 3 is 3.12 bits per heavy atom. The molecule has 16 heavy (non-hydrogen) atoms. The van der Waals surface area contributed by atoms with Crippen molar-refractivity contribution in [2.24, 2.45) is 0 Å². The zero-order valence-corrected chi connectivity index (χ0v) is 9.10. The maximum Gasteiger partial charge on any atom is 0.250 e. The van der Waals surface area contributed by atoms with Gasteiger partial charge in [0.2, 0.25) is 5.91 Å². The van der Waals surface area contributed by atoms with Crippen molar-refractivity contribution in [3.8, 4) is 0 Å². The summed E-state index contributed by atoms with van der Waals surface area (Å²) in [6, 6.07) is 3.57. The van der Waals surface area contributed by atoms with Gasteiger partial charge in [-0.25, -0.2) is 9.50 Å². The number of aryl methyl sites for hydroxylation is 1. The van der Waals surface area contributed by atoms with Gasteiger partial charge in [-0.05, 0) is 19.1 Å². The van der Waals surface area contributed by atoms with Crippen LogP contribution in [-0.2, 0) is 9.53 Å². The largest absolute Gasteiger partial charge is 0.375 e. The molecule has 2 heterocycles. The van der Waals surface area contributed by atoms with Gasteiger partial charge in [0.15, 0.2) is 5.65 Å². The van der Waals surface area contributed by atoms with E-state index in [1.54, 1.807) is 22.8 Å². The number of amides is 1. The highest BCUT2D eigenvalue weighted by Gasteiger charge is 2.03. The minimum absolute atomic E-state index is 0.0361. The zero-order chi connectivity index (χ0) is 11.5. The molecule has 0 aliphatic rings. The fraction of sp³-hybridized carbons (Fsp3) is 0.300. The predicted octanol–water partition coefficient (Wildman–Crippen LogP) is 0.623. The minimum Gasteiger partial charge on any atom is -0.375 e. The van der Waals surface area contributed by atoms with E-state index < -0.39 is 0 Å². The molecule has 0 spiro atoms. The Morgan fingerprint density at radius 2 is 2.38 bits per heavy atom. The number of methoxy groups -OCH3 is 1.